The highest BCUT2D eigenvalue weighted by molar-refractivity contribution is 5.70. The molecule has 6 heteroatoms. The molecule has 0 bridgehead atoms. The number of hydrogen-bond acceptors (Lipinski definition) is 4. The summed E-state index contributed by atoms with van der Waals surface area (Å²) in [6, 6.07) is 0. The second kappa shape index (κ2) is 3.77. The molecule has 0 N–H and O–H groups in total. The van der Waals surface area contributed by atoms with Gasteiger partial charge in [-0.25, -0.2) is 4.79 Å². The summed E-state index contributed by atoms with van der Waals surface area (Å²) in [6.07, 6.45) is 3.13. The predicted molar refractivity (Wildman–Crippen MR) is 56.8 cm³/mol. The molecule has 16 heavy (non-hydrogen) atoms. The Morgan fingerprint density at radius 3 is 2.75 bits per heavy atom. The van der Waals surface area contributed by atoms with E-state index in [4.69, 9.17) is 4.74 Å². The smallest absolute Gasteiger partial charge is 0.410 e. The van der Waals surface area contributed by atoms with E-state index >= 15 is 0 Å². The molecule has 2 heterocycles. The summed E-state index contributed by atoms with van der Waals surface area (Å²) in [5.41, 5.74) is 0.613. The highest BCUT2D eigenvalue weighted by Gasteiger charge is 2.44. The van der Waals surface area contributed by atoms with Crippen molar-refractivity contribution < 1.29 is 9.53 Å². The van der Waals surface area contributed by atoms with Crippen molar-refractivity contribution in [2.75, 3.05) is 13.7 Å². The number of nitrogens with zero attached hydrogens (tertiary/aromatic N) is 4. The van der Waals surface area contributed by atoms with Crippen LogP contribution >= 0.6 is 0 Å². The Kier molecular flexibility index (Phi) is 2.57. The lowest BCUT2D eigenvalue weighted by molar-refractivity contribution is 0.161. The lowest BCUT2D eigenvalue weighted by Crippen LogP contribution is -2.46. The van der Waals surface area contributed by atoms with Crippen LogP contribution in [-0.2, 0) is 18.2 Å². The fraction of sp³-hybridized carbons (Fsp3) is 0.700. The number of amides is 1. The van der Waals surface area contributed by atoms with Crippen LogP contribution in [0.25, 0.3) is 0 Å². The first-order valence-corrected chi connectivity index (χ1v) is 5.33. The summed E-state index contributed by atoms with van der Waals surface area (Å²) in [7, 11) is 3.60. The van der Waals surface area contributed by atoms with Gasteiger partial charge in [-0.15, -0.1) is 5.10 Å². The Morgan fingerprint density at radius 2 is 2.31 bits per heavy atom. The molecule has 2 rings (SSSR count). The van der Waals surface area contributed by atoms with Gasteiger partial charge in [-0.1, -0.05) is 12.1 Å². The Bertz CT molecular complexity index is 403. The molecule has 88 valence electrons. The van der Waals surface area contributed by atoms with Gasteiger partial charge in [-0.05, 0) is 6.42 Å². The maximum atomic E-state index is 11.4. The number of aromatic nitrogens is 3. The largest absolute Gasteiger partial charge is 0.447 e. The molecule has 1 amide bonds. The van der Waals surface area contributed by atoms with Crippen molar-refractivity contribution in [1.29, 1.82) is 0 Å². The zero-order valence-corrected chi connectivity index (χ0v) is 9.80. The second-order valence-electron chi connectivity index (χ2n) is 4.25. The van der Waals surface area contributed by atoms with Crippen LogP contribution in [0.1, 0.15) is 19.0 Å². The third-order valence-corrected chi connectivity index (χ3v) is 3.27. The number of carbonyl (C=O) groups is 1. The van der Waals surface area contributed by atoms with Gasteiger partial charge in [0.1, 0.15) is 6.61 Å². The highest BCUT2D eigenvalue weighted by Crippen LogP contribution is 2.29. The first-order valence-electron chi connectivity index (χ1n) is 5.33. The van der Waals surface area contributed by atoms with Gasteiger partial charge in [0.2, 0.25) is 0 Å². The van der Waals surface area contributed by atoms with Crippen LogP contribution in [0.3, 0.4) is 0 Å². The lowest BCUT2D eigenvalue weighted by atomic mass is 9.91. The third kappa shape index (κ3) is 1.64. The molecule has 0 radical (unpaired) electrons. The maximum Gasteiger partial charge on any atom is 0.410 e. The molecule has 1 aromatic rings. The van der Waals surface area contributed by atoms with Gasteiger partial charge in [0.15, 0.2) is 0 Å². The summed E-state index contributed by atoms with van der Waals surface area (Å²) in [6.45, 7) is 2.48. The number of hydrogen-bond donors (Lipinski definition) is 0. The monoisotopic (exact) mass is 224 g/mol. The van der Waals surface area contributed by atoms with Crippen LogP contribution in [0.4, 0.5) is 4.79 Å². The van der Waals surface area contributed by atoms with E-state index in [9.17, 15) is 4.79 Å². The van der Waals surface area contributed by atoms with Gasteiger partial charge in [0, 0.05) is 26.7 Å². The number of aryl methyl sites for hydroxylation is 1. The summed E-state index contributed by atoms with van der Waals surface area (Å²) >= 11 is 0. The molecule has 0 saturated carbocycles. The molecule has 1 aromatic heterocycles. The Morgan fingerprint density at radius 1 is 1.56 bits per heavy atom. The van der Waals surface area contributed by atoms with Crippen molar-refractivity contribution in [2.45, 2.75) is 25.3 Å². The van der Waals surface area contributed by atoms with Crippen LogP contribution in [0, 0.1) is 0 Å². The van der Waals surface area contributed by atoms with Crippen molar-refractivity contribution in [3.05, 3.63) is 11.9 Å². The van der Waals surface area contributed by atoms with Gasteiger partial charge in [-0.3, -0.25) is 4.68 Å². The van der Waals surface area contributed by atoms with Gasteiger partial charge in [0.05, 0.1) is 11.2 Å². The molecule has 1 atom stereocenters. The maximum absolute atomic E-state index is 11.4. The van der Waals surface area contributed by atoms with Crippen molar-refractivity contribution >= 4 is 6.09 Å². The van der Waals surface area contributed by atoms with Crippen molar-refractivity contribution in [3.8, 4) is 0 Å². The predicted octanol–water partition coefficient (Wildman–Crippen LogP) is 0.588. The molecule has 0 aliphatic carbocycles. The number of cyclic esters (lactones) is 1. The van der Waals surface area contributed by atoms with E-state index in [0.717, 1.165) is 12.1 Å². The Labute approximate surface area is 94.2 Å². The number of likely N-dealkylation sites (N-methyl/N-ethyl adjacent to an activating group) is 1. The second-order valence-corrected chi connectivity index (χ2v) is 4.25. The average molecular weight is 224 g/mol. The molecule has 1 saturated heterocycles. The topological polar surface area (TPSA) is 60.2 Å². The number of ether oxygens (including phenoxy) is 1. The van der Waals surface area contributed by atoms with Gasteiger partial charge >= 0.3 is 6.09 Å². The Balaban J connectivity index is 2.20. The zero-order valence-electron chi connectivity index (χ0n) is 9.80. The molecular formula is C10H16N4O2. The number of rotatable bonds is 3. The Hall–Kier alpha value is -1.59. The standard InChI is InChI=1S/C10H16N4O2/c1-4-10(7-16-9(15)14(10)3)5-8-6-13(2)12-11-8/h6H,4-5,7H2,1-3H3. The molecule has 6 nitrogen and oxygen atoms in total. The van der Waals surface area contributed by atoms with E-state index in [2.05, 4.69) is 17.2 Å². The van der Waals surface area contributed by atoms with E-state index in [0.29, 0.717) is 13.0 Å². The molecule has 1 unspecified atom stereocenters. The summed E-state index contributed by atoms with van der Waals surface area (Å²) < 4.78 is 6.75. The van der Waals surface area contributed by atoms with Crippen molar-refractivity contribution in [2.24, 2.45) is 7.05 Å². The summed E-state index contributed by atoms with van der Waals surface area (Å²) in [5, 5.41) is 7.94. The summed E-state index contributed by atoms with van der Waals surface area (Å²) in [4.78, 5) is 13.1. The minimum atomic E-state index is -0.271. The van der Waals surface area contributed by atoms with E-state index in [-0.39, 0.29) is 11.6 Å². The molecule has 1 aliphatic rings. The SMILES string of the molecule is CCC1(Cc2cn(C)nn2)COC(=O)N1C. The van der Waals surface area contributed by atoms with E-state index in [1.165, 1.54) is 0 Å². The minimum absolute atomic E-state index is 0.259. The van der Waals surface area contributed by atoms with Gasteiger partial charge in [-0.2, -0.15) is 0 Å². The number of carbonyl (C=O) groups excluding carboxylic acids is 1. The quantitative estimate of drug-likeness (QED) is 0.754. The zero-order chi connectivity index (χ0) is 11.8. The normalized spacial score (nSPS) is 24.9. The average Bonchev–Trinajstić information content (AvgIpc) is 2.78. The summed E-state index contributed by atoms with van der Waals surface area (Å²) in [5.74, 6) is 0. The van der Waals surface area contributed by atoms with Crippen LogP contribution in [0.5, 0.6) is 0 Å². The van der Waals surface area contributed by atoms with Crippen molar-refractivity contribution in [1.82, 2.24) is 19.9 Å². The van der Waals surface area contributed by atoms with E-state index in [1.54, 1.807) is 16.6 Å². The fourth-order valence-corrected chi connectivity index (χ4v) is 2.03. The molecule has 1 fully saturated rings. The van der Waals surface area contributed by atoms with Crippen LogP contribution < -0.4 is 0 Å². The van der Waals surface area contributed by atoms with Crippen LogP contribution in [0.15, 0.2) is 6.20 Å². The fourth-order valence-electron chi connectivity index (χ4n) is 2.03. The third-order valence-electron chi connectivity index (χ3n) is 3.27. The molecule has 0 spiro atoms. The van der Waals surface area contributed by atoms with Crippen molar-refractivity contribution in [3.63, 3.8) is 0 Å². The van der Waals surface area contributed by atoms with Gasteiger partial charge < -0.3 is 9.64 Å². The molecule has 1 aliphatic heterocycles. The minimum Gasteiger partial charge on any atom is -0.447 e. The molecular weight excluding hydrogens is 208 g/mol. The first-order chi connectivity index (χ1) is 7.57. The molecule has 0 aromatic carbocycles. The van der Waals surface area contributed by atoms with E-state index in [1.807, 2.05) is 13.2 Å². The lowest BCUT2D eigenvalue weighted by Gasteiger charge is -2.30. The van der Waals surface area contributed by atoms with Crippen LogP contribution in [0.2, 0.25) is 0 Å². The van der Waals surface area contributed by atoms with Gasteiger partial charge in [0.25, 0.3) is 0 Å². The highest BCUT2D eigenvalue weighted by atomic mass is 16.6. The van der Waals surface area contributed by atoms with Crippen LogP contribution in [-0.4, -0.2) is 45.2 Å². The first kappa shape index (κ1) is 10.9. The van der Waals surface area contributed by atoms with E-state index < -0.39 is 0 Å².